The number of nitrogens with zero attached hydrogens (tertiary/aromatic N) is 4. The van der Waals surface area contributed by atoms with Crippen molar-refractivity contribution in [2.24, 2.45) is 0 Å². The molecule has 0 unspecified atom stereocenters. The standard InChI is InChI=1S/C14H21N5O2S/c1-10(2)19-8-12(16-9-19)22(20,21)18-11-6-7-15-13(17-11)14(3,4)5/h6-10H,1-5H3,(H,15,17,18). The molecule has 0 aliphatic carbocycles. The third-order valence-electron chi connectivity index (χ3n) is 3.01. The second-order valence-electron chi connectivity index (χ2n) is 6.37. The molecule has 2 heterocycles. The van der Waals surface area contributed by atoms with E-state index in [9.17, 15) is 8.42 Å². The molecule has 0 saturated carbocycles. The van der Waals surface area contributed by atoms with Gasteiger partial charge in [0.05, 0.1) is 6.33 Å². The van der Waals surface area contributed by atoms with Gasteiger partial charge in [0.1, 0.15) is 11.6 Å². The van der Waals surface area contributed by atoms with Crippen LogP contribution in [0.2, 0.25) is 0 Å². The third kappa shape index (κ3) is 3.62. The number of sulfonamides is 1. The predicted octanol–water partition coefficient (Wildman–Crippen LogP) is 2.35. The van der Waals surface area contributed by atoms with E-state index in [0.29, 0.717) is 5.82 Å². The Bertz CT molecular complexity index is 760. The lowest BCUT2D eigenvalue weighted by atomic mass is 9.96. The second kappa shape index (κ2) is 5.68. The summed E-state index contributed by atoms with van der Waals surface area (Å²) in [5, 5.41) is -0.0304. The highest BCUT2D eigenvalue weighted by Crippen LogP contribution is 2.20. The van der Waals surface area contributed by atoms with E-state index >= 15 is 0 Å². The minimum atomic E-state index is -3.76. The molecule has 2 aromatic heterocycles. The molecule has 7 nitrogen and oxygen atoms in total. The van der Waals surface area contributed by atoms with Gasteiger partial charge in [-0.3, -0.25) is 4.72 Å². The van der Waals surface area contributed by atoms with E-state index < -0.39 is 10.0 Å². The highest BCUT2D eigenvalue weighted by Gasteiger charge is 2.21. The maximum atomic E-state index is 12.4. The summed E-state index contributed by atoms with van der Waals surface area (Å²) in [4.78, 5) is 12.4. The van der Waals surface area contributed by atoms with E-state index in [1.165, 1.54) is 24.8 Å². The van der Waals surface area contributed by atoms with Crippen LogP contribution in [0.15, 0.2) is 29.8 Å². The summed E-state index contributed by atoms with van der Waals surface area (Å²) in [6.07, 6.45) is 4.54. The molecule has 0 aliphatic rings. The molecule has 2 rings (SSSR count). The molecule has 2 aromatic rings. The second-order valence-corrected chi connectivity index (χ2v) is 8.00. The first kappa shape index (κ1) is 16.4. The average molecular weight is 323 g/mol. The van der Waals surface area contributed by atoms with Gasteiger partial charge in [-0.2, -0.15) is 8.42 Å². The number of rotatable bonds is 4. The number of aromatic nitrogens is 4. The number of hydrogen-bond acceptors (Lipinski definition) is 5. The van der Waals surface area contributed by atoms with Gasteiger partial charge in [0.15, 0.2) is 5.03 Å². The Morgan fingerprint density at radius 2 is 1.91 bits per heavy atom. The summed E-state index contributed by atoms with van der Waals surface area (Å²) in [6, 6.07) is 1.66. The summed E-state index contributed by atoms with van der Waals surface area (Å²) >= 11 is 0. The first-order valence-corrected chi connectivity index (χ1v) is 8.48. The van der Waals surface area contributed by atoms with Gasteiger partial charge in [0.25, 0.3) is 10.0 Å². The van der Waals surface area contributed by atoms with Gasteiger partial charge in [-0.25, -0.2) is 15.0 Å². The Hall–Kier alpha value is -1.96. The fourth-order valence-electron chi connectivity index (χ4n) is 1.71. The van der Waals surface area contributed by atoms with Gasteiger partial charge in [-0.05, 0) is 19.9 Å². The van der Waals surface area contributed by atoms with Crippen LogP contribution in [0.1, 0.15) is 46.5 Å². The lowest BCUT2D eigenvalue weighted by Crippen LogP contribution is -2.19. The van der Waals surface area contributed by atoms with E-state index in [-0.39, 0.29) is 22.3 Å². The Labute approximate surface area is 130 Å². The first-order valence-electron chi connectivity index (χ1n) is 6.99. The zero-order chi connectivity index (χ0) is 16.5. The molecular weight excluding hydrogens is 302 g/mol. The van der Waals surface area contributed by atoms with E-state index in [0.717, 1.165) is 0 Å². The van der Waals surface area contributed by atoms with Crippen molar-refractivity contribution in [1.82, 2.24) is 19.5 Å². The first-order chi connectivity index (χ1) is 10.1. The van der Waals surface area contributed by atoms with Gasteiger partial charge in [0, 0.05) is 23.9 Å². The van der Waals surface area contributed by atoms with Crippen molar-refractivity contribution >= 4 is 15.8 Å². The SMILES string of the molecule is CC(C)n1cnc(S(=O)(=O)Nc2ccnc(C(C)(C)C)n2)c1. The summed E-state index contributed by atoms with van der Waals surface area (Å²) in [5.41, 5.74) is -0.263. The fraction of sp³-hybridized carbons (Fsp3) is 0.500. The molecule has 22 heavy (non-hydrogen) atoms. The maximum Gasteiger partial charge on any atom is 0.282 e. The fourth-order valence-corrected chi connectivity index (χ4v) is 2.65. The number of nitrogens with one attached hydrogen (secondary N) is 1. The van der Waals surface area contributed by atoms with Crippen LogP contribution in [-0.2, 0) is 15.4 Å². The molecule has 0 radical (unpaired) electrons. The van der Waals surface area contributed by atoms with Crippen molar-refractivity contribution in [3.63, 3.8) is 0 Å². The van der Waals surface area contributed by atoms with Crippen LogP contribution in [0.5, 0.6) is 0 Å². The van der Waals surface area contributed by atoms with Crippen molar-refractivity contribution < 1.29 is 8.42 Å². The molecule has 0 saturated heterocycles. The molecular formula is C14H21N5O2S. The smallest absolute Gasteiger partial charge is 0.282 e. The van der Waals surface area contributed by atoms with Gasteiger partial charge in [-0.1, -0.05) is 20.8 Å². The highest BCUT2D eigenvalue weighted by atomic mass is 32.2. The normalized spacial score (nSPS) is 12.6. The Morgan fingerprint density at radius 1 is 1.23 bits per heavy atom. The Kier molecular flexibility index (Phi) is 4.23. The van der Waals surface area contributed by atoms with Crippen LogP contribution >= 0.6 is 0 Å². The van der Waals surface area contributed by atoms with Crippen LogP contribution in [0.25, 0.3) is 0 Å². The molecule has 0 fully saturated rings. The van der Waals surface area contributed by atoms with Crippen molar-refractivity contribution in [2.75, 3.05) is 4.72 Å². The number of imidazole rings is 1. The number of hydrogen-bond donors (Lipinski definition) is 1. The molecule has 0 bridgehead atoms. The third-order valence-corrected chi connectivity index (χ3v) is 4.25. The van der Waals surface area contributed by atoms with Crippen molar-refractivity contribution in [2.45, 2.75) is 51.1 Å². The van der Waals surface area contributed by atoms with E-state index in [2.05, 4.69) is 19.7 Å². The van der Waals surface area contributed by atoms with Crippen LogP contribution in [0.4, 0.5) is 5.82 Å². The van der Waals surface area contributed by atoms with Crippen LogP contribution in [0.3, 0.4) is 0 Å². The summed E-state index contributed by atoms with van der Waals surface area (Å²) < 4.78 is 28.9. The molecule has 1 N–H and O–H groups in total. The van der Waals surface area contributed by atoms with Gasteiger partial charge < -0.3 is 4.57 Å². The topological polar surface area (TPSA) is 89.8 Å². The zero-order valence-corrected chi connectivity index (χ0v) is 14.2. The lowest BCUT2D eigenvalue weighted by molar-refractivity contribution is 0.546. The van der Waals surface area contributed by atoms with E-state index in [1.54, 1.807) is 4.57 Å². The maximum absolute atomic E-state index is 12.4. The van der Waals surface area contributed by atoms with E-state index in [1.807, 2.05) is 34.6 Å². The molecule has 0 aliphatic heterocycles. The average Bonchev–Trinajstić information content (AvgIpc) is 2.88. The Morgan fingerprint density at radius 3 is 2.45 bits per heavy atom. The lowest BCUT2D eigenvalue weighted by Gasteiger charge is -2.16. The zero-order valence-electron chi connectivity index (χ0n) is 13.4. The van der Waals surface area contributed by atoms with Crippen LogP contribution < -0.4 is 4.72 Å². The van der Waals surface area contributed by atoms with Crippen LogP contribution in [0, 0.1) is 0 Å². The molecule has 120 valence electrons. The summed E-state index contributed by atoms with van der Waals surface area (Å²) in [6.45, 7) is 9.79. The molecule has 8 heteroatoms. The number of anilines is 1. The molecule has 0 aromatic carbocycles. The minimum Gasteiger partial charge on any atom is -0.334 e. The molecule has 0 amide bonds. The Balaban J connectivity index is 2.29. The molecule has 0 spiro atoms. The minimum absolute atomic E-state index is 0.0304. The molecule has 0 atom stereocenters. The quantitative estimate of drug-likeness (QED) is 0.933. The van der Waals surface area contributed by atoms with Crippen LogP contribution in [-0.4, -0.2) is 27.9 Å². The summed E-state index contributed by atoms with van der Waals surface area (Å²) in [5.74, 6) is 0.805. The largest absolute Gasteiger partial charge is 0.334 e. The van der Waals surface area contributed by atoms with Crippen molar-refractivity contribution in [3.8, 4) is 0 Å². The van der Waals surface area contributed by atoms with Crippen molar-refractivity contribution in [1.29, 1.82) is 0 Å². The van der Waals surface area contributed by atoms with Gasteiger partial charge in [0.2, 0.25) is 0 Å². The van der Waals surface area contributed by atoms with E-state index in [4.69, 9.17) is 0 Å². The van der Waals surface area contributed by atoms with Gasteiger partial charge in [-0.15, -0.1) is 0 Å². The van der Waals surface area contributed by atoms with Gasteiger partial charge >= 0.3 is 0 Å². The summed E-state index contributed by atoms with van der Waals surface area (Å²) in [7, 11) is -3.76. The highest BCUT2D eigenvalue weighted by molar-refractivity contribution is 7.92. The monoisotopic (exact) mass is 323 g/mol. The van der Waals surface area contributed by atoms with Crippen molar-refractivity contribution in [3.05, 3.63) is 30.6 Å². The predicted molar refractivity (Wildman–Crippen MR) is 84.2 cm³/mol.